The monoisotopic (exact) mass is 320 g/mol. The third-order valence-electron chi connectivity index (χ3n) is 5.12. The smallest absolute Gasteiger partial charge is 0.253 e. The summed E-state index contributed by atoms with van der Waals surface area (Å²) < 4.78 is 0. The van der Waals surface area contributed by atoms with Crippen LogP contribution in [0.1, 0.15) is 39.9 Å². The largest absolute Gasteiger partial charge is 0.508 e. The number of amides is 1. The fourth-order valence-corrected chi connectivity index (χ4v) is 3.96. The van der Waals surface area contributed by atoms with Crippen LogP contribution in [0, 0.1) is 5.92 Å². The van der Waals surface area contributed by atoms with Crippen LogP contribution in [0.5, 0.6) is 5.75 Å². The predicted octanol–water partition coefficient (Wildman–Crippen LogP) is 3.58. The van der Waals surface area contributed by atoms with E-state index >= 15 is 0 Å². The van der Waals surface area contributed by atoms with Gasteiger partial charge in [0.25, 0.3) is 5.91 Å². The lowest BCUT2D eigenvalue weighted by atomic mass is 9.76. The van der Waals surface area contributed by atoms with Gasteiger partial charge in [-0.1, -0.05) is 36.4 Å². The number of para-hydroxylation sites is 1. The van der Waals surface area contributed by atoms with E-state index in [1.807, 2.05) is 24.3 Å². The summed E-state index contributed by atoms with van der Waals surface area (Å²) in [5.74, 6) is 0.915. The highest BCUT2D eigenvalue weighted by Crippen LogP contribution is 2.50. The number of allylic oxidation sites excluding steroid dienone is 2. The number of anilines is 1. The van der Waals surface area contributed by atoms with Gasteiger partial charge in [0.1, 0.15) is 5.75 Å². The van der Waals surface area contributed by atoms with Crippen LogP contribution in [0.4, 0.5) is 5.69 Å². The number of fused-ring (bicyclic) bond motifs is 3. The van der Waals surface area contributed by atoms with Crippen molar-refractivity contribution in [1.82, 2.24) is 5.32 Å². The second-order valence-electron chi connectivity index (χ2n) is 6.42. The summed E-state index contributed by atoms with van der Waals surface area (Å²) in [5, 5.41) is 15.9. The van der Waals surface area contributed by atoms with Crippen molar-refractivity contribution >= 4 is 11.6 Å². The fraction of sp³-hybridized carbons (Fsp3) is 0.250. The third-order valence-corrected chi connectivity index (χ3v) is 5.12. The molecule has 3 unspecified atom stereocenters. The van der Waals surface area contributed by atoms with Gasteiger partial charge >= 0.3 is 0 Å². The van der Waals surface area contributed by atoms with E-state index in [0.29, 0.717) is 17.4 Å². The van der Waals surface area contributed by atoms with Crippen LogP contribution < -0.4 is 10.6 Å². The normalized spacial score (nSPS) is 24.0. The Morgan fingerprint density at radius 1 is 1.21 bits per heavy atom. The molecule has 3 N–H and O–H groups in total. The first-order chi connectivity index (χ1) is 11.7. The number of aromatic hydroxyl groups is 1. The van der Waals surface area contributed by atoms with Crippen LogP contribution in [0.15, 0.2) is 54.6 Å². The van der Waals surface area contributed by atoms with Crippen LogP contribution in [-0.2, 0) is 0 Å². The van der Waals surface area contributed by atoms with E-state index in [2.05, 4.69) is 28.9 Å². The van der Waals surface area contributed by atoms with E-state index in [1.165, 1.54) is 5.56 Å². The molecule has 4 nitrogen and oxygen atoms in total. The number of nitrogens with one attached hydrogen (secondary N) is 2. The molecule has 0 spiro atoms. The fourth-order valence-electron chi connectivity index (χ4n) is 3.96. The topological polar surface area (TPSA) is 61.4 Å². The van der Waals surface area contributed by atoms with E-state index in [9.17, 15) is 9.90 Å². The van der Waals surface area contributed by atoms with Crippen LogP contribution in [0.2, 0.25) is 0 Å². The Kier molecular flexibility index (Phi) is 3.53. The van der Waals surface area contributed by atoms with Crippen LogP contribution in [-0.4, -0.2) is 18.1 Å². The molecule has 1 heterocycles. The molecule has 24 heavy (non-hydrogen) atoms. The third kappa shape index (κ3) is 2.26. The van der Waals surface area contributed by atoms with E-state index < -0.39 is 0 Å². The number of carbonyl (C=O) groups excluding carboxylic acids is 1. The Bertz CT molecular complexity index is 811. The Morgan fingerprint density at radius 2 is 2.00 bits per heavy atom. The molecule has 1 amide bonds. The van der Waals surface area contributed by atoms with E-state index in [0.717, 1.165) is 17.7 Å². The van der Waals surface area contributed by atoms with Crippen molar-refractivity contribution in [3.05, 3.63) is 71.3 Å². The number of hydrogen-bond acceptors (Lipinski definition) is 3. The number of phenolic OH excluding ortho intramolecular Hbond substituents is 1. The molecule has 0 saturated heterocycles. The van der Waals surface area contributed by atoms with Crippen LogP contribution in [0.25, 0.3) is 0 Å². The van der Waals surface area contributed by atoms with Gasteiger partial charge in [0, 0.05) is 13.0 Å². The van der Waals surface area contributed by atoms with Gasteiger partial charge in [0.05, 0.1) is 17.3 Å². The number of phenols is 1. The molecule has 2 aromatic rings. The zero-order valence-corrected chi connectivity index (χ0v) is 13.5. The summed E-state index contributed by atoms with van der Waals surface area (Å²) in [5.41, 5.74) is 3.91. The molecule has 1 aliphatic carbocycles. The molecule has 4 rings (SSSR count). The second kappa shape index (κ2) is 5.71. The first-order valence-corrected chi connectivity index (χ1v) is 8.26. The summed E-state index contributed by atoms with van der Waals surface area (Å²) in [6.07, 6.45) is 5.49. The predicted molar refractivity (Wildman–Crippen MR) is 94.3 cm³/mol. The number of rotatable bonds is 2. The van der Waals surface area contributed by atoms with Crippen molar-refractivity contribution in [3.8, 4) is 5.75 Å². The van der Waals surface area contributed by atoms with Gasteiger partial charge in [-0.15, -0.1) is 0 Å². The van der Waals surface area contributed by atoms with Gasteiger partial charge in [0.15, 0.2) is 0 Å². The molecule has 0 radical (unpaired) electrons. The molecule has 4 heteroatoms. The van der Waals surface area contributed by atoms with Crippen molar-refractivity contribution in [3.63, 3.8) is 0 Å². The Labute approximate surface area is 141 Å². The minimum absolute atomic E-state index is 0.0794. The highest BCUT2D eigenvalue weighted by Gasteiger charge is 2.39. The summed E-state index contributed by atoms with van der Waals surface area (Å²) in [7, 11) is 1.65. The first-order valence-electron chi connectivity index (χ1n) is 8.26. The Hall–Kier alpha value is -2.75. The number of hydrogen-bond donors (Lipinski definition) is 3. The average Bonchev–Trinajstić information content (AvgIpc) is 3.10. The standard InChI is InChI=1S/C20H20N2O2/c1-21-20(24)17-7-3-6-16-14-4-2-5-15(14)18(22-19(16)17)12-8-10-13(23)11-9-12/h2-4,6-11,14-15,18,22-23H,5H2,1H3,(H,21,24). The first kappa shape index (κ1) is 14.8. The maximum absolute atomic E-state index is 12.3. The molecule has 0 aromatic heterocycles. The minimum atomic E-state index is -0.0794. The SMILES string of the molecule is CNC(=O)c1cccc2c1NC(c1ccc(O)cc1)C1CC=CC21. The molecular formula is C20H20N2O2. The molecule has 1 aliphatic heterocycles. The highest BCUT2D eigenvalue weighted by atomic mass is 16.3. The van der Waals surface area contributed by atoms with Gasteiger partial charge in [-0.2, -0.15) is 0 Å². The Balaban J connectivity index is 1.82. The minimum Gasteiger partial charge on any atom is -0.508 e. The lowest BCUT2D eigenvalue weighted by Gasteiger charge is -2.38. The average molecular weight is 320 g/mol. The lowest BCUT2D eigenvalue weighted by Crippen LogP contribution is -2.31. The van der Waals surface area contributed by atoms with Crippen molar-refractivity contribution < 1.29 is 9.90 Å². The molecule has 0 saturated carbocycles. The molecule has 0 bridgehead atoms. The molecule has 2 aliphatic rings. The quantitative estimate of drug-likeness (QED) is 0.741. The summed E-state index contributed by atoms with van der Waals surface area (Å²) in [4.78, 5) is 12.3. The van der Waals surface area contributed by atoms with E-state index in [-0.39, 0.29) is 17.7 Å². The van der Waals surface area contributed by atoms with Crippen molar-refractivity contribution in [2.24, 2.45) is 5.92 Å². The maximum atomic E-state index is 12.3. The van der Waals surface area contributed by atoms with Crippen molar-refractivity contribution in [2.75, 3.05) is 12.4 Å². The van der Waals surface area contributed by atoms with Crippen molar-refractivity contribution in [2.45, 2.75) is 18.4 Å². The van der Waals surface area contributed by atoms with Gasteiger partial charge in [-0.25, -0.2) is 0 Å². The molecule has 3 atom stereocenters. The number of carbonyl (C=O) groups is 1. The van der Waals surface area contributed by atoms with Crippen molar-refractivity contribution in [1.29, 1.82) is 0 Å². The molecular weight excluding hydrogens is 300 g/mol. The summed E-state index contributed by atoms with van der Waals surface area (Å²) in [6, 6.07) is 13.4. The van der Waals surface area contributed by atoms with Crippen LogP contribution >= 0.6 is 0 Å². The molecule has 122 valence electrons. The van der Waals surface area contributed by atoms with Gasteiger partial charge in [0.2, 0.25) is 0 Å². The van der Waals surface area contributed by atoms with Gasteiger partial charge in [-0.05, 0) is 41.7 Å². The lowest BCUT2D eigenvalue weighted by molar-refractivity contribution is 0.0963. The highest BCUT2D eigenvalue weighted by molar-refractivity contribution is 6.00. The summed E-state index contributed by atoms with van der Waals surface area (Å²) in [6.45, 7) is 0. The van der Waals surface area contributed by atoms with Gasteiger partial charge < -0.3 is 15.7 Å². The molecule has 2 aromatic carbocycles. The van der Waals surface area contributed by atoms with Gasteiger partial charge in [-0.3, -0.25) is 4.79 Å². The van der Waals surface area contributed by atoms with E-state index in [1.54, 1.807) is 19.2 Å². The van der Waals surface area contributed by atoms with Crippen LogP contribution in [0.3, 0.4) is 0 Å². The summed E-state index contributed by atoms with van der Waals surface area (Å²) >= 11 is 0. The zero-order valence-electron chi connectivity index (χ0n) is 13.5. The van der Waals surface area contributed by atoms with E-state index in [4.69, 9.17) is 0 Å². The number of benzene rings is 2. The zero-order chi connectivity index (χ0) is 16.7. The Morgan fingerprint density at radius 3 is 2.75 bits per heavy atom. The second-order valence-corrected chi connectivity index (χ2v) is 6.42. The molecule has 0 fully saturated rings. The maximum Gasteiger partial charge on any atom is 0.253 e.